The predicted octanol–water partition coefficient (Wildman–Crippen LogP) is -1.25. The van der Waals surface area contributed by atoms with E-state index in [-0.39, 0.29) is 12.4 Å². The lowest BCUT2D eigenvalue weighted by molar-refractivity contribution is -0.369. The second-order valence-corrected chi connectivity index (χ2v) is 4.30. The zero-order chi connectivity index (χ0) is 10.7. The average Bonchev–Trinajstić information content (AvgIpc) is 2.29. The molecule has 0 saturated heterocycles. The Kier molecular flexibility index (Phi) is 5.10. The topological polar surface area (TPSA) is 36.9 Å². The molecular formula is C13H20ClNO. The van der Waals surface area contributed by atoms with Gasteiger partial charge in [-0.1, -0.05) is 6.07 Å². The van der Waals surface area contributed by atoms with E-state index in [1.807, 2.05) is 0 Å². The van der Waals surface area contributed by atoms with Crippen LogP contribution in [0.25, 0.3) is 0 Å². The summed E-state index contributed by atoms with van der Waals surface area (Å²) in [7, 11) is 1.74. The number of hydrogen-bond acceptors (Lipinski definition) is 1. The summed E-state index contributed by atoms with van der Waals surface area (Å²) in [6, 6.07) is 6.52. The van der Waals surface area contributed by atoms with Crippen molar-refractivity contribution in [3.63, 3.8) is 0 Å². The third-order valence-electron chi connectivity index (χ3n) is 3.34. The molecule has 0 aromatic heterocycles. The Labute approximate surface area is 104 Å². The number of rotatable bonds is 3. The molecule has 0 heterocycles. The van der Waals surface area contributed by atoms with Crippen LogP contribution in [0.2, 0.25) is 0 Å². The highest BCUT2D eigenvalue weighted by Crippen LogP contribution is 2.35. The van der Waals surface area contributed by atoms with Gasteiger partial charge in [0.25, 0.3) is 0 Å². The molecule has 16 heavy (non-hydrogen) atoms. The fourth-order valence-electron chi connectivity index (χ4n) is 2.55. The number of fused-ring (bicyclic) bond motifs is 1. The second-order valence-electron chi connectivity index (χ2n) is 4.30. The van der Waals surface area contributed by atoms with Crippen LogP contribution in [0.1, 0.15) is 36.3 Å². The summed E-state index contributed by atoms with van der Waals surface area (Å²) >= 11 is 0. The van der Waals surface area contributed by atoms with E-state index in [1.54, 1.807) is 7.11 Å². The van der Waals surface area contributed by atoms with Crippen LogP contribution in [0.3, 0.4) is 0 Å². The SMILES string of the molecule is COc1ccc2c(c1)C(CC[NH3+])CCC2.[Cl-]. The molecule has 0 bridgehead atoms. The van der Waals surface area contributed by atoms with Gasteiger partial charge in [0.1, 0.15) is 5.75 Å². The molecule has 90 valence electrons. The summed E-state index contributed by atoms with van der Waals surface area (Å²) in [6.45, 7) is 1.03. The summed E-state index contributed by atoms with van der Waals surface area (Å²) < 4.78 is 5.29. The highest BCUT2D eigenvalue weighted by molar-refractivity contribution is 5.39. The van der Waals surface area contributed by atoms with Crippen LogP contribution < -0.4 is 22.9 Å². The molecule has 0 saturated carbocycles. The summed E-state index contributed by atoms with van der Waals surface area (Å²) in [4.78, 5) is 0. The van der Waals surface area contributed by atoms with Crippen LogP contribution in [-0.4, -0.2) is 13.7 Å². The fraction of sp³-hybridized carbons (Fsp3) is 0.538. The minimum atomic E-state index is 0. The number of benzene rings is 1. The molecular weight excluding hydrogens is 222 g/mol. The quantitative estimate of drug-likeness (QED) is 0.706. The van der Waals surface area contributed by atoms with Crippen molar-refractivity contribution in [3.8, 4) is 5.75 Å². The second kappa shape index (κ2) is 6.12. The number of quaternary nitrogens is 1. The van der Waals surface area contributed by atoms with Crippen molar-refractivity contribution in [2.75, 3.05) is 13.7 Å². The molecule has 1 aliphatic carbocycles. The fourth-order valence-corrected chi connectivity index (χ4v) is 2.55. The van der Waals surface area contributed by atoms with Gasteiger partial charge in [0.15, 0.2) is 0 Å². The van der Waals surface area contributed by atoms with Gasteiger partial charge < -0.3 is 22.9 Å². The zero-order valence-corrected chi connectivity index (χ0v) is 10.6. The minimum Gasteiger partial charge on any atom is -1.00 e. The maximum absolute atomic E-state index is 5.29. The van der Waals surface area contributed by atoms with E-state index < -0.39 is 0 Å². The lowest BCUT2D eigenvalue weighted by atomic mass is 9.81. The van der Waals surface area contributed by atoms with Crippen LogP contribution in [0.4, 0.5) is 0 Å². The van der Waals surface area contributed by atoms with Crippen molar-refractivity contribution >= 4 is 0 Å². The van der Waals surface area contributed by atoms with E-state index in [4.69, 9.17) is 4.74 Å². The van der Waals surface area contributed by atoms with Crippen LogP contribution in [0.15, 0.2) is 18.2 Å². The van der Waals surface area contributed by atoms with Gasteiger partial charge in [0.2, 0.25) is 0 Å². The minimum absolute atomic E-state index is 0. The maximum atomic E-state index is 5.29. The maximum Gasteiger partial charge on any atom is 0.119 e. The molecule has 1 unspecified atom stereocenters. The van der Waals surface area contributed by atoms with Gasteiger partial charge >= 0.3 is 0 Å². The number of methoxy groups -OCH3 is 1. The molecule has 1 aliphatic rings. The van der Waals surface area contributed by atoms with Crippen LogP contribution in [0.5, 0.6) is 5.75 Å². The van der Waals surface area contributed by atoms with E-state index >= 15 is 0 Å². The molecule has 1 aromatic carbocycles. The first-order chi connectivity index (χ1) is 7.35. The summed E-state index contributed by atoms with van der Waals surface area (Å²) in [5.41, 5.74) is 6.98. The average molecular weight is 242 g/mol. The Morgan fingerprint density at radius 3 is 2.94 bits per heavy atom. The van der Waals surface area contributed by atoms with Crippen molar-refractivity contribution in [1.29, 1.82) is 0 Å². The number of ether oxygens (including phenoxy) is 1. The predicted molar refractivity (Wildman–Crippen MR) is 61.0 cm³/mol. The Morgan fingerprint density at radius 1 is 1.44 bits per heavy atom. The summed E-state index contributed by atoms with van der Waals surface area (Å²) in [5.74, 6) is 1.70. The first kappa shape index (κ1) is 13.3. The first-order valence-corrected chi connectivity index (χ1v) is 5.81. The van der Waals surface area contributed by atoms with Gasteiger partial charge in [0, 0.05) is 6.42 Å². The van der Waals surface area contributed by atoms with Gasteiger partial charge in [0.05, 0.1) is 13.7 Å². The number of aryl methyl sites for hydroxylation is 1. The molecule has 0 amide bonds. The number of hydrogen-bond donors (Lipinski definition) is 1. The lowest BCUT2D eigenvalue weighted by Gasteiger charge is -2.25. The van der Waals surface area contributed by atoms with Crippen LogP contribution in [0, 0.1) is 0 Å². The highest BCUT2D eigenvalue weighted by Gasteiger charge is 2.20. The molecule has 0 spiro atoms. The highest BCUT2D eigenvalue weighted by atomic mass is 35.5. The van der Waals surface area contributed by atoms with E-state index in [1.165, 1.54) is 36.8 Å². The molecule has 2 nitrogen and oxygen atoms in total. The smallest absolute Gasteiger partial charge is 0.119 e. The zero-order valence-electron chi connectivity index (χ0n) is 9.84. The van der Waals surface area contributed by atoms with Crippen LogP contribution in [-0.2, 0) is 6.42 Å². The molecule has 0 aliphatic heterocycles. The normalized spacial score (nSPS) is 18.5. The van der Waals surface area contributed by atoms with Crippen LogP contribution >= 0.6 is 0 Å². The van der Waals surface area contributed by atoms with Gasteiger partial charge in [-0.3, -0.25) is 0 Å². The van der Waals surface area contributed by atoms with Crippen molar-refractivity contribution in [2.45, 2.75) is 31.6 Å². The molecule has 3 N–H and O–H groups in total. The first-order valence-electron chi connectivity index (χ1n) is 5.81. The van der Waals surface area contributed by atoms with E-state index in [0.29, 0.717) is 5.92 Å². The molecule has 0 fully saturated rings. The number of halogens is 1. The molecule has 1 aromatic rings. The van der Waals surface area contributed by atoms with E-state index in [9.17, 15) is 0 Å². The Morgan fingerprint density at radius 2 is 2.25 bits per heavy atom. The van der Waals surface area contributed by atoms with Gasteiger partial charge in [-0.15, -0.1) is 0 Å². The molecule has 3 heteroatoms. The van der Waals surface area contributed by atoms with Crippen molar-refractivity contribution in [1.82, 2.24) is 0 Å². The summed E-state index contributed by atoms with van der Waals surface area (Å²) in [5, 5.41) is 0. The van der Waals surface area contributed by atoms with E-state index in [2.05, 4.69) is 23.9 Å². The molecule has 1 atom stereocenters. The van der Waals surface area contributed by atoms with Crippen molar-refractivity contribution in [2.24, 2.45) is 0 Å². The van der Waals surface area contributed by atoms with Gasteiger partial charge in [-0.05, 0) is 48.4 Å². The summed E-state index contributed by atoms with van der Waals surface area (Å²) in [6.07, 6.45) is 5.08. The molecule has 2 rings (SSSR count). The van der Waals surface area contributed by atoms with Crippen molar-refractivity contribution in [3.05, 3.63) is 29.3 Å². The van der Waals surface area contributed by atoms with Gasteiger partial charge in [-0.25, -0.2) is 0 Å². The molecule has 0 radical (unpaired) electrons. The largest absolute Gasteiger partial charge is 1.00 e. The Hall–Kier alpha value is -0.730. The third kappa shape index (κ3) is 2.69. The third-order valence-corrected chi connectivity index (χ3v) is 3.34. The van der Waals surface area contributed by atoms with Crippen molar-refractivity contribution < 1.29 is 22.9 Å². The Bertz CT molecular complexity index is 341. The standard InChI is InChI=1S/C13H19NO.ClH/c1-15-12-6-5-10-3-2-4-11(7-8-14)13(10)9-12;/h5-6,9,11H,2-4,7-8,14H2,1H3;1H. The Balaban J connectivity index is 0.00000128. The lowest BCUT2D eigenvalue weighted by Crippen LogP contribution is -3.00. The van der Waals surface area contributed by atoms with Gasteiger partial charge in [-0.2, -0.15) is 0 Å². The monoisotopic (exact) mass is 241 g/mol. The van der Waals surface area contributed by atoms with E-state index in [0.717, 1.165) is 12.3 Å².